The van der Waals surface area contributed by atoms with Crippen LogP contribution in [0.5, 0.6) is 5.75 Å². The van der Waals surface area contributed by atoms with Crippen molar-refractivity contribution in [2.75, 3.05) is 31.1 Å². The van der Waals surface area contributed by atoms with E-state index in [1.165, 1.54) is 25.8 Å². The SMILES string of the molecule is Cc1c(-c2cc(F)cc(-c3ccc(-n4ccn(C)c4=O)c(Cl)c3)c2O)cn(CCCO)c(=O)c1N1CCN[C@H](C)C1. The predicted molar refractivity (Wildman–Crippen MR) is 159 cm³/mol. The molecular weight excluding hydrogens is 549 g/mol. The molecule has 0 radical (unpaired) electrons. The van der Waals surface area contributed by atoms with Gasteiger partial charge in [-0.25, -0.2) is 9.18 Å². The van der Waals surface area contributed by atoms with Gasteiger partial charge in [0.1, 0.15) is 17.3 Å². The molecule has 1 saturated heterocycles. The van der Waals surface area contributed by atoms with Crippen LogP contribution in [0.4, 0.5) is 10.1 Å². The van der Waals surface area contributed by atoms with E-state index >= 15 is 4.39 Å². The number of aromatic hydroxyl groups is 1. The summed E-state index contributed by atoms with van der Waals surface area (Å²) >= 11 is 6.56. The molecule has 4 aromatic rings. The van der Waals surface area contributed by atoms with Gasteiger partial charge in [-0.05, 0) is 55.7 Å². The first-order valence-corrected chi connectivity index (χ1v) is 13.9. The summed E-state index contributed by atoms with van der Waals surface area (Å²) in [7, 11) is 1.64. The maximum absolute atomic E-state index is 15.2. The molecule has 2 aromatic carbocycles. The van der Waals surface area contributed by atoms with E-state index in [9.17, 15) is 19.8 Å². The van der Waals surface area contributed by atoms with Gasteiger partial charge in [0, 0.05) is 81.2 Å². The minimum atomic E-state index is -0.572. The number of hydrogen-bond acceptors (Lipinski definition) is 6. The Labute approximate surface area is 241 Å². The number of pyridine rings is 1. The average Bonchev–Trinajstić information content (AvgIpc) is 3.27. The quantitative estimate of drug-likeness (QED) is 0.308. The Hall–Kier alpha value is -3.86. The number of imidazole rings is 1. The second kappa shape index (κ2) is 11.6. The molecule has 216 valence electrons. The lowest BCUT2D eigenvalue weighted by atomic mass is 9.94. The van der Waals surface area contributed by atoms with Crippen molar-refractivity contribution in [1.82, 2.24) is 19.0 Å². The number of halogens is 2. The number of piperazine rings is 1. The van der Waals surface area contributed by atoms with Crippen LogP contribution in [0.3, 0.4) is 0 Å². The van der Waals surface area contributed by atoms with E-state index in [0.717, 1.165) is 0 Å². The van der Waals surface area contributed by atoms with Crippen LogP contribution in [0.25, 0.3) is 27.9 Å². The minimum absolute atomic E-state index is 0.0864. The molecule has 3 N–H and O–H groups in total. The van der Waals surface area contributed by atoms with Gasteiger partial charge in [-0.1, -0.05) is 17.7 Å². The molecule has 5 rings (SSSR count). The molecule has 9 nitrogen and oxygen atoms in total. The van der Waals surface area contributed by atoms with E-state index in [2.05, 4.69) is 5.32 Å². The second-order valence-corrected chi connectivity index (χ2v) is 10.9. The van der Waals surface area contributed by atoms with Crippen molar-refractivity contribution in [3.63, 3.8) is 0 Å². The number of nitrogens with one attached hydrogen (secondary N) is 1. The third kappa shape index (κ3) is 5.42. The highest BCUT2D eigenvalue weighted by Gasteiger charge is 2.25. The van der Waals surface area contributed by atoms with E-state index in [1.807, 2.05) is 18.7 Å². The molecule has 0 bridgehead atoms. The zero-order valence-corrected chi connectivity index (χ0v) is 24.0. The summed E-state index contributed by atoms with van der Waals surface area (Å²) in [5.41, 5.74) is 2.56. The van der Waals surface area contributed by atoms with Crippen molar-refractivity contribution in [2.45, 2.75) is 32.9 Å². The zero-order valence-electron chi connectivity index (χ0n) is 23.2. The van der Waals surface area contributed by atoms with Crippen molar-refractivity contribution in [3.05, 3.63) is 86.2 Å². The van der Waals surface area contributed by atoms with Gasteiger partial charge in [-0.2, -0.15) is 0 Å². The molecule has 41 heavy (non-hydrogen) atoms. The third-order valence-corrected chi connectivity index (χ3v) is 7.88. The van der Waals surface area contributed by atoms with E-state index < -0.39 is 5.82 Å². The average molecular weight is 582 g/mol. The van der Waals surface area contributed by atoms with Crippen LogP contribution >= 0.6 is 11.6 Å². The number of aliphatic hydroxyl groups excluding tert-OH is 1. The molecular formula is C30H33ClFN5O4. The Morgan fingerprint density at radius 2 is 1.88 bits per heavy atom. The smallest absolute Gasteiger partial charge is 0.332 e. The van der Waals surface area contributed by atoms with Crippen LogP contribution in [-0.2, 0) is 13.6 Å². The van der Waals surface area contributed by atoms with Gasteiger partial charge in [0.15, 0.2) is 0 Å². The topological polar surface area (TPSA) is 105 Å². The monoisotopic (exact) mass is 581 g/mol. The first-order valence-electron chi connectivity index (χ1n) is 13.5. The molecule has 1 aliphatic rings. The number of aliphatic hydroxyl groups is 1. The maximum atomic E-state index is 15.2. The van der Waals surface area contributed by atoms with E-state index in [4.69, 9.17) is 11.6 Å². The molecule has 1 aliphatic heterocycles. The predicted octanol–water partition coefficient (Wildman–Crippen LogP) is 3.66. The Morgan fingerprint density at radius 3 is 2.54 bits per heavy atom. The number of nitrogens with zero attached hydrogens (tertiary/aromatic N) is 4. The van der Waals surface area contributed by atoms with Crippen molar-refractivity contribution in [1.29, 1.82) is 0 Å². The Balaban J connectivity index is 1.66. The third-order valence-electron chi connectivity index (χ3n) is 7.58. The van der Waals surface area contributed by atoms with Crippen LogP contribution < -0.4 is 21.5 Å². The van der Waals surface area contributed by atoms with Crippen LogP contribution in [0.15, 0.2) is 58.5 Å². The number of phenols is 1. The first kappa shape index (κ1) is 28.7. The van der Waals surface area contributed by atoms with E-state index in [1.54, 1.807) is 43.8 Å². The summed E-state index contributed by atoms with van der Waals surface area (Å²) < 4.78 is 19.5. The summed E-state index contributed by atoms with van der Waals surface area (Å²) in [6.45, 7) is 6.00. The van der Waals surface area contributed by atoms with Gasteiger partial charge < -0.3 is 29.6 Å². The van der Waals surface area contributed by atoms with Crippen molar-refractivity contribution in [3.8, 4) is 33.7 Å². The van der Waals surface area contributed by atoms with Gasteiger partial charge in [-0.15, -0.1) is 0 Å². The van der Waals surface area contributed by atoms with Crippen LogP contribution in [0, 0.1) is 12.7 Å². The van der Waals surface area contributed by atoms with Gasteiger partial charge in [0.05, 0.1) is 10.7 Å². The summed E-state index contributed by atoms with van der Waals surface area (Å²) in [5, 5.41) is 24.6. The number of aromatic nitrogens is 3. The highest BCUT2D eigenvalue weighted by atomic mass is 35.5. The minimum Gasteiger partial charge on any atom is -0.507 e. The number of phenolic OH excluding ortho intramolecular Hbond substituents is 1. The van der Waals surface area contributed by atoms with E-state index in [0.29, 0.717) is 54.1 Å². The summed E-state index contributed by atoms with van der Waals surface area (Å²) in [4.78, 5) is 28.0. The van der Waals surface area contributed by atoms with Crippen molar-refractivity contribution in [2.24, 2.45) is 7.05 Å². The Kier molecular flexibility index (Phi) is 8.08. The largest absolute Gasteiger partial charge is 0.507 e. The number of hydrogen-bond donors (Lipinski definition) is 3. The molecule has 1 atom stereocenters. The van der Waals surface area contributed by atoms with Crippen molar-refractivity contribution >= 4 is 17.3 Å². The fourth-order valence-corrected chi connectivity index (χ4v) is 5.74. The van der Waals surface area contributed by atoms with Gasteiger partial charge in [-0.3, -0.25) is 9.36 Å². The second-order valence-electron chi connectivity index (χ2n) is 10.5. The van der Waals surface area contributed by atoms with Crippen LogP contribution in [0.2, 0.25) is 5.02 Å². The highest BCUT2D eigenvalue weighted by Crippen LogP contribution is 2.42. The standard InChI is InChI=1S/C30H33ClFN5O4/c1-18-16-35(9-7-33-18)27-19(2)24(17-36(29(27)40)8-4-12-38)23-15-21(32)14-22(28(23)39)20-5-6-26(25(31)13-20)37-11-10-34(3)30(37)41/h5-6,10-11,13-15,17-18,33,38-39H,4,7-9,12,16H2,1-3H3/t18-/m1/s1. The Morgan fingerprint density at radius 1 is 1.12 bits per heavy atom. The molecule has 0 spiro atoms. The van der Waals surface area contributed by atoms with Gasteiger partial charge >= 0.3 is 5.69 Å². The Bertz CT molecular complexity index is 1730. The lowest BCUT2D eigenvalue weighted by molar-refractivity contribution is 0.279. The molecule has 1 fully saturated rings. The molecule has 0 amide bonds. The first-order chi connectivity index (χ1) is 19.6. The number of benzene rings is 2. The maximum Gasteiger partial charge on any atom is 0.332 e. The summed E-state index contributed by atoms with van der Waals surface area (Å²) in [6.07, 6.45) is 5.22. The zero-order chi connectivity index (χ0) is 29.4. The molecule has 3 heterocycles. The molecule has 0 unspecified atom stereocenters. The lowest BCUT2D eigenvalue weighted by Gasteiger charge is -2.34. The fraction of sp³-hybridized carbons (Fsp3) is 0.333. The van der Waals surface area contributed by atoms with Gasteiger partial charge in [0.2, 0.25) is 0 Å². The molecule has 0 saturated carbocycles. The van der Waals surface area contributed by atoms with Gasteiger partial charge in [0.25, 0.3) is 5.56 Å². The number of aryl methyl sites for hydroxylation is 2. The summed E-state index contributed by atoms with van der Waals surface area (Å²) in [5.74, 6) is -0.737. The molecule has 0 aliphatic carbocycles. The van der Waals surface area contributed by atoms with E-state index in [-0.39, 0.29) is 52.3 Å². The molecule has 11 heteroatoms. The van der Waals surface area contributed by atoms with Crippen LogP contribution in [0.1, 0.15) is 18.9 Å². The summed E-state index contributed by atoms with van der Waals surface area (Å²) in [6, 6.07) is 7.55. The normalized spacial score (nSPS) is 15.5. The van der Waals surface area contributed by atoms with Crippen LogP contribution in [-0.4, -0.2) is 56.2 Å². The number of anilines is 1. The molecule has 2 aromatic heterocycles. The number of rotatable bonds is 7. The fourth-order valence-electron chi connectivity index (χ4n) is 5.46. The lowest BCUT2D eigenvalue weighted by Crippen LogP contribution is -2.51. The highest BCUT2D eigenvalue weighted by molar-refractivity contribution is 6.32. The van der Waals surface area contributed by atoms with Crippen molar-refractivity contribution < 1.29 is 14.6 Å².